The van der Waals surface area contributed by atoms with Crippen molar-refractivity contribution in [3.63, 3.8) is 0 Å². The first-order valence-corrected chi connectivity index (χ1v) is 8.57. The van der Waals surface area contributed by atoms with E-state index in [-0.39, 0.29) is 0 Å². The first kappa shape index (κ1) is 14.8. The molecule has 26 heavy (non-hydrogen) atoms. The second kappa shape index (κ2) is 5.81. The van der Waals surface area contributed by atoms with E-state index in [9.17, 15) is 4.79 Å². The number of fused-ring (bicyclic) bond motifs is 3. The van der Waals surface area contributed by atoms with Gasteiger partial charge in [-0.1, -0.05) is 60.7 Å². The lowest BCUT2D eigenvalue weighted by molar-refractivity contribution is -0.129. The normalized spacial score (nSPS) is 16.2. The molecule has 0 bridgehead atoms. The van der Waals surface area contributed by atoms with Crippen LogP contribution in [-0.2, 0) is 16.0 Å². The van der Waals surface area contributed by atoms with Crippen LogP contribution in [0.25, 0.3) is 17.2 Å². The largest absolute Gasteiger partial charge is 0.402 e. The zero-order valence-corrected chi connectivity index (χ0v) is 14.0. The third-order valence-corrected chi connectivity index (χ3v) is 4.76. The molecule has 1 heterocycles. The van der Waals surface area contributed by atoms with Gasteiger partial charge in [0.1, 0.15) is 0 Å². The Balaban J connectivity index is 1.49. The number of benzene rings is 3. The minimum atomic E-state index is -0.410. The second-order valence-electron chi connectivity index (χ2n) is 6.45. The van der Waals surface area contributed by atoms with Crippen LogP contribution < -0.4 is 0 Å². The Morgan fingerprint density at radius 1 is 0.846 bits per heavy atom. The van der Waals surface area contributed by atoms with Gasteiger partial charge in [-0.25, -0.2) is 9.79 Å². The topological polar surface area (TPSA) is 38.7 Å². The molecule has 1 aliphatic carbocycles. The van der Waals surface area contributed by atoms with E-state index in [4.69, 9.17) is 4.74 Å². The minimum absolute atomic E-state index is 0.333. The summed E-state index contributed by atoms with van der Waals surface area (Å²) in [5, 5.41) is 0. The Morgan fingerprint density at radius 2 is 1.62 bits per heavy atom. The van der Waals surface area contributed by atoms with Crippen molar-refractivity contribution in [3.8, 4) is 11.1 Å². The van der Waals surface area contributed by atoms with Crippen LogP contribution in [0.1, 0.15) is 22.3 Å². The molecule has 1 aliphatic heterocycles. The van der Waals surface area contributed by atoms with Crippen LogP contribution in [0.15, 0.2) is 83.5 Å². The number of carbonyl (C=O) groups excluding carboxylic acids is 1. The van der Waals surface area contributed by atoms with Gasteiger partial charge in [0.15, 0.2) is 5.70 Å². The Kier molecular flexibility index (Phi) is 3.32. The number of ether oxygens (including phenoxy) is 1. The van der Waals surface area contributed by atoms with Gasteiger partial charge in [-0.2, -0.15) is 0 Å². The molecule has 0 fully saturated rings. The number of aliphatic imine (C=N–C) groups is 1. The lowest BCUT2D eigenvalue weighted by Gasteiger charge is -2.02. The van der Waals surface area contributed by atoms with Gasteiger partial charge >= 0.3 is 5.97 Å². The summed E-state index contributed by atoms with van der Waals surface area (Å²) in [6, 6.07) is 24.2. The lowest BCUT2D eigenvalue weighted by atomic mass is 10.0. The summed E-state index contributed by atoms with van der Waals surface area (Å²) in [5.41, 5.74) is 7.28. The summed E-state index contributed by atoms with van der Waals surface area (Å²) in [5.74, 6) is -0.0527. The fourth-order valence-electron chi connectivity index (χ4n) is 3.53. The molecular formula is C23H15NO2. The number of esters is 1. The van der Waals surface area contributed by atoms with Gasteiger partial charge in [0.25, 0.3) is 0 Å². The van der Waals surface area contributed by atoms with Crippen LogP contribution in [0.5, 0.6) is 0 Å². The molecule has 0 saturated heterocycles. The molecule has 0 atom stereocenters. The van der Waals surface area contributed by atoms with E-state index in [1.165, 1.54) is 22.3 Å². The van der Waals surface area contributed by atoms with Crippen LogP contribution in [0.2, 0.25) is 0 Å². The predicted octanol–water partition coefficient (Wildman–Crippen LogP) is 4.60. The van der Waals surface area contributed by atoms with E-state index in [2.05, 4.69) is 41.4 Å². The van der Waals surface area contributed by atoms with Crippen molar-refractivity contribution in [2.75, 3.05) is 0 Å². The van der Waals surface area contributed by atoms with Gasteiger partial charge < -0.3 is 4.74 Å². The molecule has 3 nitrogen and oxygen atoms in total. The molecule has 0 N–H and O–H groups in total. The van der Waals surface area contributed by atoms with Crippen molar-refractivity contribution in [1.29, 1.82) is 0 Å². The Hall–Kier alpha value is -3.46. The van der Waals surface area contributed by atoms with Crippen molar-refractivity contribution in [1.82, 2.24) is 0 Å². The summed E-state index contributed by atoms with van der Waals surface area (Å²) in [6.45, 7) is 0. The van der Waals surface area contributed by atoms with Crippen LogP contribution >= 0.6 is 0 Å². The molecule has 0 spiro atoms. The van der Waals surface area contributed by atoms with E-state index in [0.717, 1.165) is 17.5 Å². The fourth-order valence-corrected chi connectivity index (χ4v) is 3.53. The van der Waals surface area contributed by atoms with E-state index in [1.54, 1.807) is 6.08 Å². The Bertz CT molecular complexity index is 1090. The summed E-state index contributed by atoms with van der Waals surface area (Å²) in [4.78, 5) is 16.5. The Labute approximate surface area is 151 Å². The number of carbonyl (C=O) groups is 1. The van der Waals surface area contributed by atoms with Gasteiger partial charge in [0.05, 0.1) is 0 Å². The average molecular weight is 337 g/mol. The minimum Gasteiger partial charge on any atom is -0.402 e. The number of cyclic esters (lactones) is 1. The van der Waals surface area contributed by atoms with Crippen LogP contribution in [-0.4, -0.2) is 11.9 Å². The fraction of sp³-hybridized carbons (Fsp3) is 0.0435. The van der Waals surface area contributed by atoms with Gasteiger partial charge in [-0.3, -0.25) is 0 Å². The van der Waals surface area contributed by atoms with E-state index < -0.39 is 5.97 Å². The summed E-state index contributed by atoms with van der Waals surface area (Å²) in [7, 11) is 0. The molecule has 0 unspecified atom stereocenters. The SMILES string of the molecule is O=C1OC(c2ccccc2)=N/C1=C\c1ccc2c(c1)Cc1ccccc1-2. The highest BCUT2D eigenvalue weighted by atomic mass is 16.6. The number of hydrogen-bond donors (Lipinski definition) is 0. The first-order valence-electron chi connectivity index (χ1n) is 8.57. The monoisotopic (exact) mass is 337 g/mol. The quantitative estimate of drug-likeness (QED) is 0.396. The zero-order chi connectivity index (χ0) is 17.5. The zero-order valence-electron chi connectivity index (χ0n) is 14.0. The van der Waals surface area contributed by atoms with Crippen molar-refractivity contribution in [2.24, 2.45) is 4.99 Å². The molecular weight excluding hydrogens is 322 g/mol. The van der Waals surface area contributed by atoms with Crippen molar-refractivity contribution < 1.29 is 9.53 Å². The van der Waals surface area contributed by atoms with Crippen molar-refractivity contribution in [3.05, 3.63) is 101 Å². The number of nitrogens with zero attached hydrogens (tertiary/aromatic N) is 1. The van der Waals surface area contributed by atoms with E-state index in [1.807, 2.05) is 36.4 Å². The van der Waals surface area contributed by atoms with Gasteiger partial charge in [-0.05, 0) is 52.4 Å². The molecule has 0 saturated carbocycles. The first-order chi connectivity index (χ1) is 12.8. The maximum Gasteiger partial charge on any atom is 0.363 e. The second-order valence-corrected chi connectivity index (χ2v) is 6.45. The molecule has 3 heteroatoms. The molecule has 3 aromatic rings. The molecule has 0 aromatic heterocycles. The van der Waals surface area contributed by atoms with E-state index >= 15 is 0 Å². The van der Waals surface area contributed by atoms with Gasteiger partial charge in [-0.15, -0.1) is 0 Å². The standard InChI is InChI=1S/C23H15NO2/c25-23-21(24-22(26-23)16-6-2-1-3-7-16)13-15-10-11-20-18(12-15)14-17-8-4-5-9-19(17)20/h1-13H,14H2/b21-13-. The van der Waals surface area contributed by atoms with Gasteiger partial charge in [0, 0.05) is 5.56 Å². The predicted molar refractivity (Wildman–Crippen MR) is 102 cm³/mol. The molecule has 2 aliphatic rings. The molecule has 0 amide bonds. The van der Waals surface area contributed by atoms with Crippen LogP contribution in [0, 0.1) is 0 Å². The third-order valence-electron chi connectivity index (χ3n) is 4.76. The molecule has 5 rings (SSSR count). The van der Waals surface area contributed by atoms with Crippen LogP contribution in [0.3, 0.4) is 0 Å². The maximum absolute atomic E-state index is 12.2. The maximum atomic E-state index is 12.2. The highest BCUT2D eigenvalue weighted by Gasteiger charge is 2.24. The highest BCUT2D eigenvalue weighted by Crippen LogP contribution is 2.37. The van der Waals surface area contributed by atoms with Gasteiger partial charge in [0.2, 0.25) is 5.90 Å². The van der Waals surface area contributed by atoms with E-state index in [0.29, 0.717) is 11.6 Å². The van der Waals surface area contributed by atoms with Crippen molar-refractivity contribution in [2.45, 2.75) is 6.42 Å². The summed E-state index contributed by atoms with van der Waals surface area (Å²) in [6.07, 6.45) is 2.72. The smallest absolute Gasteiger partial charge is 0.363 e. The average Bonchev–Trinajstić information content (AvgIpc) is 3.22. The molecule has 124 valence electrons. The molecule has 3 aromatic carbocycles. The molecule has 0 radical (unpaired) electrons. The van der Waals surface area contributed by atoms with Crippen molar-refractivity contribution >= 4 is 17.9 Å². The lowest BCUT2D eigenvalue weighted by Crippen LogP contribution is -2.04. The highest BCUT2D eigenvalue weighted by molar-refractivity contribution is 6.12. The van der Waals surface area contributed by atoms with Crippen LogP contribution in [0.4, 0.5) is 0 Å². The number of rotatable bonds is 2. The Morgan fingerprint density at radius 3 is 2.50 bits per heavy atom. The number of hydrogen-bond acceptors (Lipinski definition) is 3. The third kappa shape index (κ3) is 2.45. The summed E-state index contributed by atoms with van der Waals surface area (Å²) >= 11 is 0. The summed E-state index contributed by atoms with van der Waals surface area (Å²) < 4.78 is 5.32.